The minimum atomic E-state index is -0.371. The maximum Gasteiger partial charge on any atom is 0.251 e. The van der Waals surface area contributed by atoms with Crippen molar-refractivity contribution >= 4 is 5.91 Å². The molecule has 1 rings (SSSR count). The van der Waals surface area contributed by atoms with E-state index in [-0.39, 0.29) is 16.9 Å². The molecule has 0 aliphatic rings. The number of benzene rings is 1. The molecule has 1 N–H and O–H groups in total. The Labute approximate surface area is 121 Å². The van der Waals surface area contributed by atoms with E-state index in [2.05, 4.69) is 11.2 Å². The SMILES string of the molecule is C#CC(C)(C)CC(C)(C)Oc1ccc(C(=O)NC)cc1. The summed E-state index contributed by atoms with van der Waals surface area (Å²) in [6.07, 6.45) is 6.27. The molecule has 0 radical (unpaired) electrons. The predicted molar refractivity (Wildman–Crippen MR) is 81.8 cm³/mol. The molecular weight excluding hydrogens is 250 g/mol. The lowest BCUT2D eigenvalue weighted by Crippen LogP contribution is -2.33. The van der Waals surface area contributed by atoms with Crippen LogP contribution >= 0.6 is 0 Å². The third-order valence-corrected chi connectivity index (χ3v) is 3.00. The van der Waals surface area contributed by atoms with Gasteiger partial charge in [0.25, 0.3) is 5.91 Å². The van der Waals surface area contributed by atoms with Gasteiger partial charge in [0.2, 0.25) is 0 Å². The number of rotatable bonds is 5. The molecular formula is C17H23NO2. The van der Waals surface area contributed by atoms with Gasteiger partial charge in [-0.15, -0.1) is 12.3 Å². The molecule has 1 aromatic rings. The van der Waals surface area contributed by atoms with Gasteiger partial charge in [0.1, 0.15) is 11.4 Å². The smallest absolute Gasteiger partial charge is 0.251 e. The third-order valence-electron chi connectivity index (χ3n) is 3.00. The van der Waals surface area contributed by atoms with E-state index in [1.807, 2.05) is 27.7 Å². The summed E-state index contributed by atoms with van der Waals surface area (Å²) in [4.78, 5) is 11.5. The van der Waals surface area contributed by atoms with Crippen LogP contribution in [-0.4, -0.2) is 18.6 Å². The van der Waals surface area contributed by atoms with Crippen molar-refractivity contribution in [2.75, 3.05) is 7.05 Å². The number of amides is 1. The van der Waals surface area contributed by atoms with Gasteiger partial charge < -0.3 is 10.1 Å². The molecule has 3 nitrogen and oxygen atoms in total. The van der Waals surface area contributed by atoms with Crippen LogP contribution < -0.4 is 10.1 Å². The van der Waals surface area contributed by atoms with Crippen molar-refractivity contribution in [1.29, 1.82) is 0 Å². The highest BCUT2D eigenvalue weighted by Gasteiger charge is 2.29. The number of terminal acetylenes is 1. The minimum absolute atomic E-state index is 0.107. The van der Waals surface area contributed by atoms with Crippen molar-refractivity contribution in [3.8, 4) is 18.1 Å². The summed E-state index contributed by atoms with van der Waals surface area (Å²) in [6.45, 7) is 8.07. The monoisotopic (exact) mass is 273 g/mol. The number of hydrogen-bond donors (Lipinski definition) is 1. The van der Waals surface area contributed by atoms with Gasteiger partial charge >= 0.3 is 0 Å². The average Bonchev–Trinajstić information content (AvgIpc) is 2.37. The van der Waals surface area contributed by atoms with Gasteiger partial charge in [-0.3, -0.25) is 4.79 Å². The summed E-state index contributed by atoms with van der Waals surface area (Å²) in [7, 11) is 1.61. The first-order valence-electron chi connectivity index (χ1n) is 6.68. The Kier molecular flexibility index (Phi) is 4.83. The third kappa shape index (κ3) is 4.62. The zero-order valence-corrected chi connectivity index (χ0v) is 12.9. The summed E-state index contributed by atoms with van der Waals surface area (Å²) >= 11 is 0. The van der Waals surface area contributed by atoms with E-state index in [1.54, 1.807) is 31.3 Å². The lowest BCUT2D eigenvalue weighted by molar-refractivity contribution is 0.0721. The van der Waals surface area contributed by atoms with Crippen LogP contribution in [-0.2, 0) is 0 Å². The number of ether oxygens (including phenoxy) is 1. The molecule has 0 heterocycles. The van der Waals surface area contributed by atoms with E-state index in [1.165, 1.54) is 0 Å². The molecule has 1 aromatic carbocycles. The van der Waals surface area contributed by atoms with Crippen molar-refractivity contribution in [3.05, 3.63) is 29.8 Å². The molecule has 0 fully saturated rings. The van der Waals surface area contributed by atoms with E-state index >= 15 is 0 Å². The Morgan fingerprint density at radius 1 is 1.25 bits per heavy atom. The highest BCUT2D eigenvalue weighted by atomic mass is 16.5. The minimum Gasteiger partial charge on any atom is -0.488 e. The highest BCUT2D eigenvalue weighted by molar-refractivity contribution is 5.94. The van der Waals surface area contributed by atoms with Gasteiger partial charge in [0.05, 0.1) is 0 Å². The molecule has 0 saturated heterocycles. The molecule has 0 unspecified atom stereocenters. The largest absolute Gasteiger partial charge is 0.488 e. The Balaban J connectivity index is 2.78. The van der Waals surface area contributed by atoms with Crippen LogP contribution in [0.3, 0.4) is 0 Å². The molecule has 3 heteroatoms. The zero-order valence-electron chi connectivity index (χ0n) is 12.9. The fraction of sp³-hybridized carbons (Fsp3) is 0.471. The Morgan fingerprint density at radius 3 is 2.25 bits per heavy atom. The van der Waals surface area contributed by atoms with Gasteiger partial charge in [-0.1, -0.05) is 0 Å². The van der Waals surface area contributed by atoms with Gasteiger partial charge in [-0.2, -0.15) is 0 Å². The summed E-state index contributed by atoms with van der Waals surface area (Å²) in [6, 6.07) is 7.09. The molecule has 20 heavy (non-hydrogen) atoms. The lowest BCUT2D eigenvalue weighted by Gasteiger charge is -2.32. The number of carbonyl (C=O) groups excluding carboxylic acids is 1. The van der Waals surface area contributed by atoms with Crippen LogP contribution in [0.4, 0.5) is 0 Å². The van der Waals surface area contributed by atoms with Crippen LogP contribution in [0.5, 0.6) is 5.75 Å². The molecule has 0 saturated carbocycles. The zero-order chi connectivity index (χ0) is 15.4. The fourth-order valence-electron chi connectivity index (χ4n) is 2.29. The normalized spacial score (nSPS) is 11.6. The van der Waals surface area contributed by atoms with Crippen LogP contribution in [0.2, 0.25) is 0 Å². The van der Waals surface area contributed by atoms with Gasteiger partial charge in [0, 0.05) is 24.4 Å². The summed E-state index contributed by atoms with van der Waals surface area (Å²) < 4.78 is 5.98. The van der Waals surface area contributed by atoms with Crippen molar-refractivity contribution in [2.45, 2.75) is 39.7 Å². The van der Waals surface area contributed by atoms with Gasteiger partial charge in [-0.05, 0) is 52.0 Å². The maximum atomic E-state index is 11.5. The van der Waals surface area contributed by atoms with E-state index in [9.17, 15) is 4.79 Å². The fourth-order valence-corrected chi connectivity index (χ4v) is 2.29. The molecule has 0 atom stereocenters. The Hall–Kier alpha value is -1.95. The van der Waals surface area contributed by atoms with Crippen LogP contribution in [0.1, 0.15) is 44.5 Å². The van der Waals surface area contributed by atoms with Gasteiger partial charge in [-0.25, -0.2) is 0 Å². The molecule has 0 bridgehead atoms. The highest BCUT2D eigenvalue weighted by Crippen LogP contribution is 2.30. The van der Waals surface area contributed by atoms with Crippen LogP contribution in [0.25, 0.3) is 0 Å². The topological polar surface area (TPSA) is 38.3 Å². The van der Waals surface area contributed by atoms with Crippen LogP contribution in [0, 0.1) is 17.8 Å². The summed E-state index contributed by atoms with van der Waals surface area (Å²) in [5.74, 6) is 3.41. The average molecular weight is 273 g/mol. The van der Waals surface area contributed by atoms with E-state index in [0.29, 0.717) is 5.56 Å². The molecule has 0 aliphatic heterocycles. The summed E-state index contributed by atoms with van der Waals surface area (Å²) in [5.41, 5.74) is 0.0252. The van der Waals surface area contributed by atoms with Crippen molar-refractivity contribution in [2.24, 2.45) is 5.41 Å². The van der Waals surface area contributed by atoms with Gasteiger partial charge in [0.15, 0.2) is 0 Å². The first-order valence-corrected chi connectivity index (χ1v) is 6.68. The first kappa shape index (κ1) is 16.1. The number of nitrogens with one attached hydrogen (secondary N) is 1. The van der Waals surface area contributed by atoms with E-state index in [0.717, 1.165) is 12.2 Å². The molecule has 0 aromatic heterocycles. The second-order valence-corrected chi connectivity index (χ2v) is 6.17. The number of hydrogen-bond acceptors (Lipinski definition) is 2. The van der Waals surface area contributed by atoms with E-state index < -0.39 is 0 Å². The Morgan fingerprint density at radius 2 is 1.80 bits per heavy atom. The Bertz CT molecular complexity index is 507. The summed E-state index contributed by atoms with van der Waals surface area (Å²) in [5, 5.41) is 2.59. The quantitative estimate of drug-likeness (QED) is 0.836. The van der Waals surface area contributed by atoms with Crippen molar-refractivity contribution in [3.63, 3.8) is 0 Å². The first-order chi connectivity index (χ1) is 9.19. The molecule has 108 valence electrons. The molecule has 0 aliphatic carbocycles. The predicted octanol–water partition coefficient (Wildman–Crippen LogP) is 3.25. The second-order valence-electron chi connectivity index (χ2n) is 6.17. The lowest BCUT2D eigenvalue weighted by atomic mass is 9.82. The number of carbonyl (C=O) groups is 1. The molecule has 1 amide bonds. The van der Waals surface area contributed by atoms with Crippen molar-refractivity contribution < 1.29 is 9.53 Å². The molecule has 0 spiro atoms. The van der Waals surface area contributed by atoms with E-state index in [4.69, 9.17) is 11.2 Å². The second kappa shape index (κ2) is 6.00. The maximum absolute atomic E-state index is 11.5. The standard InChI is InChI=1S/C17H23NO2/c1-7-16(2,3)12-17(4,5)20-14-10-8-13(9-11-14)15(19)18-6/h1,8-11H,12H2,2-6H3,(H,18,19). The van der Waals surface area contributed by atoms with Crippen molar-refractivity contribution in [1.82, 2.24) is 5.32 Å². The van der Waals surface area contributed by atoms with Crippen LogP contribution in [0.15, 0.2) is 24.3 Å².